The third-order valence-corrected chi connectivity index (χ3v) is 5.37. The number of benzene rings is 1. The summed E-state index contributed by atoms with van der Waals surface area (Å²) in [6.45, 7) is 1.90. The summed E-state index contributed by atoms with van der Waals surface area (Å²) in [5.74, 6) is -2.49. The number of carbonyl (C=O) groups excluding carboxylic acids is 3. The number of phenolic OH excluding ortho intramolecular Hbond substituents is 2. The van der Waals surface area contributed by atoms with Crippen LogP contribution in [-0.4, -0.2) is 70.3 Å². The molecular weight excluding hydrogens is 420 g/mol. The number of carbonyl (C=O) groups is 4. The second-order valence-corrected chi connectivity index (χ2v) is 7.55. The molecule has 1 aliphatic heterocycles. The summed E-state index contributed by atoms with van der Waals surface area (Å²) in [5.41, 5.74) is 0.335. The third kappa shape index (κ3) is 5.92. The molecule has 0 bridgehead atoms. The Balaban J connectivity index is 2.39. The summed E-state index contributed by atoms with van der Waals surface area (Å²) in [7, 11) is 0. The molecular formula is C18H22N2O9S. The van der Waals surface area contributed by atoms with Crippen molar-refractivity contribution in [3.8, 4) is 11.5 Å². The van der Waals surface area contributed by atoms with Crippen LogP contribution in [0.1, 0.15) is 28.4 Å². The van der Waals surface area contributed by atoms with Crippen molar-refractivity contribution in [3.63, 3.8) is 0 Å². The number of fused-ring (bicyclic) bond motifs is 1. The van der Waals surface area contributed by atoms with Crippen LogP contribution in [0.3, 0.4) is 0 Å². The van der Waals surface area contributed by atoms with Gasteiger partial charge in [-0.15, -0.1) is 0 Å². The molecule has 1 aromatic carbocycles. The van der Waals surface area contributed by atoms with Gasteiger partial charge in [-0.25, -0.2) is 9.59 Å². The van der Waals surface area contributed by atoms with Crippen molar-refractivity contribution in [3.05, 3.63) is 22.8 Å². The van der Waals surface area contributed by atoms with E-state index in [0.29, 0.717) is 0 Å². The minimum atomic E-state index is -1.50. The van der Waals surface area contributed by atoms with Gasteiger partial charge in [-0.3, -0.25) is 9.59 Å². The monoisotopic (exact) mass is 442 g/mol. The Morgan fingerprint density at radius 3 is 2.67 bits per heavy atom. The van der Waals surface area contributed by atoms with E-state index in [-0.39, 0.29) is 46.3 Å². The van der Waals surface area contributed by atoms with Crippen molar-refractivity contribution < 1.29 is 44.0 Å². The van der Waals surface area contributed by atoms with Gasteiger partial charge in [0.15, 0.2) is 0 Å². The molecule has 1 aromatic rings. The summed E-state index contributed by atoms with van der Waals surface area (Å²) in [6, 6.07) is -0.977. The average molecular weight is 442 g/mol. The zero-order chi connectivity index (χ0) is 22.4. The molecule has 1 aliphatic rings. The maximum atomic E-state index is 12.6. The number of ether oxygens (including phenoxy) is 2. The predicted octanol–water partition coefficient (Wildman–Crippen LogP) is 0.494. The van der Waals surface area contributed by atoms with Crippen molar-refractivity contribution in [2.45, 2.75) is 31.7 Å². The van der Waals surface area contributed by atoms with Crippen molar-refractivity contribution in [2.75, 3.05) is 19.0 Å². The minimum absolute atomic E-state index is 0.0633. The molecule has 0 fully saturated rings. The number of nitrogens with one attached hydrogen (secondary N) is 2. The Bertz CT molecular complexity index is 859. The fourth-order valence-corrected chi connectivity index (χ4v) is 3.83. The lowest BCUT2D eigenvalue weighted by molar-refractivity contribution is -0.142. The molecule has 2 amide bonds. The van der Waals surface area contributed by atoms with Crippen LogP contribution in [-0.2, 0) is 24.8 Å². The molecule has 5 N–H and O–H groups in total. The zero-order valence-corrected chi connectivity index (χ0v) is 17.1. The first-order chi connectivity index (χ1) is 14.1. The molecule has 0 spiro atoms. The molecule has 164 valence electrons. The standard InChI is InChI=1S/C18H22N2O9S/c1-8-13(22)3-14(23)11-7-30-6-10(4-28-9(2)21)19-16(24)12(20-18(26)27)5-29-17(25)15(8)11/h3,10,12,20,22-23H,4-7H2,1-2H3,(H,19,24)(H,26,27)/t10-,12+/m1/s1. The molecule has 12 heteroatoms. The lowest BCUT2D eigenvalue weighted by atomic mass is 10.0. The van der Waals surface area contributed by atoms with Crippen molar-refractivity contribution in [2.24, 2.45) is 0 Å². The fraction of sp³-hybridized carbons (Fsp3) is 0.444. The maximum Gasteiger partial charge on any atom is 0.405 e. The van der Waals surface area contributed by atoms with Crippen LogP contribution in [0, 0.1) is 6.92 Å². The first kappa shape index (κ1) is 23.1. The Hall–Kier alpha value is -3.15. The SMILES string of the molecule is CC(=O)OC[C@@H]1CSCc2c(O)cc(O)c(C)c2C(=O)OC[C@H](NC(=O)O)C(=O)N1. The third-order valence-electron chi connectivity index (χ3n) is 4.24. The summed E-state index contributed by atoms with van der Waals surface area (Å²) < 4.78 is 10.1. The topological polar surface area (TPSA) is 171 Å². The van der Waals surface area contributed by atoms with Gasteiger partial charge in [0.2, 0.25) is 5.91 Å². The fourth-order valence-electron chi connectivity index (χ4n) is 2.75. The quantitative estimate of drug-likeness (QED) is 0.415. The van der Waals surface area contributed by atoms with Crippen LogP contribution in [0.5, 0.6) is 11.5 Å². The number of thioether (sulfide) groups is 1. The smallest absolute Gasteiger partial charge is 0.405 e. The van der Waals surface area contributed by atoms with Crippen LogP contribution >= 0.6 is 11.8 Å². The number of amides is 2. The molecule has 2 atom stereocenters. The van der Waals surface area contributed by atoms with E-state index in [1.165, 1.54) is 25.6 Å². The van der Waals surface area contributed by atoms with Gasteiger partial charge in [0, 0.05) is 35.6 Å². The summed E-state index contributed by atoms with van der Waals surface area (Å²) in [4.78, 5) is 47.3. The van der Waals surface area contributed by atoms with E-state index in [0.717, 1.165) is 6.07 Å². The van der Waals surface area contributed by atoms with Crippen molar-refractivity contribution in [1.29, 1.82) is 0 Å². The Labute approximate surface area is 175 Å². The van der Waals surface area contributed by atoms with E-state index in [1.54, 1.807) is 0 Å². The highest BCUT2D eigenvalue weighted by Crippen LogP contribution is 2.35. The minimum Gasteiger partial charge on any atom is -0.508 e. The molecule has 0 unspecified atom stereocenters. The Morgan fingerprint density at radius 1 is 1.33 bits per heavy atom. The number of rotatable bonds is 3. The number of hydrogen-bond acceptors (Lipinski definition) is 9. The van der Waals surface area contributed by atoms with E-state index in [4.69, 9.17) is 14.6 Å². The van der Waals surface area contributed by atoms with E-state index >= 15 is 0 Å². The highest BCUT2D eigenvalue weighted by Gasteiger charge is 2.29. The maximum absolute atomic E-state index is 12.6. The number of carboxylic acid groups (broad SMARTS) is 1. The summed E-state index contributed by atoms with van der Waals surface area (Å²) in [5, 5.41) is 33.7. The largest absolute Gasteiger partial charge is 0.508 e. The van der Waals surface area contributed by atoms with Gasteiger partial charge in [-0.2, -0.15) is 11.8 Å². The number of cyclic esters (lactones) is 1. The lowest BCUT2D eigenvalue weighted by Gasteiger charge is -2.24. The van der Waals surface area contributed by atoms with E-state index in [1.807, 2.05) is 5.32 Å². The molecule has 0 aliphatic carbocycles. The number of esters is 2. The number of hydrogen-bond donors (Lipinski definition) is 5. The van der Waals surface area contributed by atoms with Gasteiger partial charge < -0.3 is 35.4 Å². The first-order valence-electron chi connectivity index (χ1n) is 8.82. The second kappa shape index (κ2) is 10.1. The van der Waals surface area contributed by atoms with Crippen molar-refractivity contribution in [1.82, 2.24) is 10.6 Å². The molecule has 1 heterocycles. The van der Waals surface area contributed by atoms with Gasteiger partial charge in [-0.1, -0.05) is 0 Å². The van der Waals surface area contributed by atoms with Gasteiger partial charge >= 0.3 is 18.0 Å². The summed E-state index contributed by atoms with van der Waals surface area (Å²) in [6.07, 6.45) is -1.50. The van der Waals surface area contributed by atoms with Crippen molar-refractivity contribution >= 4 is 35.7 Å². The number of aromatic hydroxyl groups is 2. The average Bonchev–Trinajstić information content (AvgIpc) is 2.65. The second-order valence-electron chi connectivity index (χ2n) is 6.52. The highest BCUT2D eigenvalue weighted by atomic mass is 32.2. The predicted molar refractivity (Wildman–Crippen MR) is 104 cm³/mol. The normalized spacial score (nSPS) is 19.9. The van der Waals surface area contributed by atoms with Crippen LogP contribution < -0.4 is 10.6 Å². The summed E-state index contributed by atoms with van der Waals surface area (Å²) >= 11 is 1.23. The van der Waals surface area contributed by atoms with Crippen LogP contribution in [0.25, 0.3) is 0 Å². The van der Waals surface area contributed by atoms with Gasteiger partial charge in [0.05, 0.1) is 11.6 Å². The molecule has 11 nitrogen and oxygen atoms in total. The van der Waals surface area contributed by atoms with Gasteiger partial charge in [0.1, 0.15) is 30.8 Å². The van der Waals surface area contributed by atoms with Gasteiger partial charge in [-0.05, 0) is 6.92 Å². The number of phenols is 2. The molecule has 2 rings (SSSR count). The molecule has 0 saturated heterocycles. The molecule has 0 radical (unpaired) electrons. The zero-order valence-electron chi connectivity index (χ0n) is 16.3. The van der Waals surface area contributed by atoms with E-state index in [9.17, 15) is 29.4 Å². The highest BCUT2D eigenvalue weighted by molar-refractivity contribution is 7.98. The van der Waals surface area contributed by atoms with Crippen LogP contribution in [0.2, 0.25) is 0 Å². The van der Waals surface area contributed by atoms with Crippen LogP contribution in [0.15, 0.2) is 6.07 Å². The Kier molecular flexibility index (Phi) is 7.75. The van der Waals surface area contributed by atoms with E-state index in [2.05, 4.69) is 5.32 Å². The lowest BCUT2D eigenvalue weighted by Crippen LogP contribution is -2.53. The molecule has 0 saturated carbocycles. The first-order valence-corrected chi connectivity index (χ1v) is 9.98. The van der Waals surface area contributed by atoms with E-state index < -0.39 is 42.6 Å². The molecule has 30 heavy (non-hydrogen) atoms. The molecule has 0 aromatic heterocycles. The van der Waals surface area contributed by atoms with Crippen LogP contribution in [0.4, 0.5) is 4.79 Å². The Morgan fingerprint density at radius 2 is 2.03 bits per heavy atom. The van der Waals surface area contributed by atoms with Gasteiger partial charge in [0.25, 0.3) is 0 Å².